The Hall–Kier alpha value is -0.950. The Kier molecular flexibility index (Phi) is 6.61. The maximum absolute atomic E-state index is 12.5. The number of amides is 2. The third kappa shape index (κ3) is 4.28. The van der Waals surface area contributed by atoms with Crippen LogP contribution in [-0.2, 0) is 4.79 Å². The van der Waals surface area contributed by atoms with Crippen molar-refractivity contribution >= 4 is 23.8 Å². The second kappa shape index (κ2) is 7.73. The van der Waals surface area contributed by atoms with Gasteiger partial charge in [0.25, 0.3) is 0 Å². The van der Waals surface area contributed by atoms with Crippen molar-refractivity contribution in [3.63, 3.8) is 0 Å². The number of thioether (sulfide) groups is 1. The van der Waals surface area contributed by atoms with Gasteiger partial charge in [-0.1, -0.05) is 13.3 Å². The van der Waals surface area contributed by atoms with E-state index >= 15 is 0 Å². The fraction of sp³-hybridized carbons (Fsp3) is 0.846. The number of carbonyl (C=O) groups is 2. The summed E-state index contributed by atoms with van der Waals surface area (Å²) in [5, 5.41) is 18.5. The second-order valence-electron chi connectivity index (χ2n) is 5.18. The van der Waals surface area contributed by atoms with Crippen LogP contribution in [0.25, 0.3) is 0 Å². The van der Waals surface area contributed by atoms with Crippen molar-refractivity contribution in [2.75, 3.05) is 19.3 Å². The highest BCUT2D eigenvalue weighted by Crippen LogP contribution is 2.33. The lowest BCUT2D eigenvalue weighted by atomic mass is 10.2. The van der Waals surface area contributed by atoms with E-state index in [4.69, 9.17) is 0 Å². The van der Waals surface area contributed by atoms with Gasteiger partial charge in [-0.3, -0.25) is 4.90 Å². The number of carboxylic acids is 1. The number of urea groups is 1. The van der Waals surface area contributed by atoms with Gasteiger partial charge in [-0.25, -0.2) is 9.59 Å². The van der Waals surface area contributed by atoms with Gasteiger partial charge in [0.1, 0.15) is 6.04 Å². The number of aliphatic carboxylic acids is 1. The smallest absolute Gasteiger partial charge is 0.327 e. The Bertz CT molecular complexity index is 351. The predicted molar refractivity (Wildman–Crippen MR) is 78.7 cm³/mol. The highest BCUT2D eigenvalue weighted by Gasteiger charge is 2.42. The molecule has 1 rings (SSSR count). The van der Waals surface area contributed by atoms with Gasteiger partial charge >= 0.3 is 12.0 Å². The highest BCUT2D eigenvalue weighted by atomic mass is 32.2. The zero-order valence-electron chi connectivity index (χ0n) is 12.3. The molecule has 6 nitrogen and oxygen atoms in total. The van der Waals surface area contributed by atoms with Gasteiger partial charge in [0.05, 0.1) is 11.5 Å². The number of hydrogen-bond acceptors (Lipinski definition) is 4. The van der Waals surface area contributed by atoms with Crippen molar-refractivity contribution in [3.8, 4) is 0 Å². The minimum Gasteiger partial charge on any atom is -0.480 e. The van der Waals surface area contributed by atoms with Crippen LogP contribution in [0.5, 0.6) is 0 Å². The standard InChI is InChI=1S/C13H24N2O4S/c1-4-5-11-15(10(8-20-11)12(17)18)13(19)14(3)7-6-9(2)16/h9-11,16H,4-8H2,1-3H3,(H,17,18). The summed E-state index contributed by atoms with van der Waals surface area (Å²) >= 11 is 1.53. The van der Waals surface area contributed by atoms with Crippen LogP contribution in [0.2, 0.25) is 0 Å². The number of hydrogen-bond donors (Lipinski definition) is 2. The summed E-state index contributed by atoms with van der Waals surface area (Å²) in [5.41, 5.74) is 0. The van der Waals surface area contributed by atoms with Gasteiger partial charge in [-0.2, -0.15) is 0 Å². The molecule has 2 amide bonds. The first-order valence-corrected chi connectivity index (χ1v) is 7.99. The molecule has 3 atom stereocenters. The molecule has 1 aliphatic rings. The van der Waals surface area contributed by atoms with E-state index in [2.05, 4.69) is 0 Å². The molecule has 2 N–H and O–H groups in total. The van der Waals surface area contributed by atoms with Crippen LogP contribution in [0.15, 0.2) is 0 Å². The SMILES string of the molecule is CCCC1SCC(C(=O)O)N1C(=O)N(C)CCC(C)O. The van der Waals surface area contributed by atoms with Crippen LogP contribution in [0.4, 0.5) is 4.79 Å². The predicted octanol–water partition coefficient (Wildman–Crippen LogP) is 1.44. The third-order valence-electron chi connectivity index (χ3n) is 3.34. The molecular formula is C13H24N2O4S. The Balaban J connectivity index is 2.75. The molecule has 0 aliphatic carbocycles. The zero-order chi connectivity index (χ0) is 15.3. The summed E-state index contributed by atoms with van der Waals surface area (Å²) < 4.78 is 0. The number of aliphatic hydroxyl groups is 1. The number of rotatable bonds is 6. The van der Waals surface area contributed by atoms with Gasteiger partial charge < -0.3 is 15.1 Å². The quantitative estimate of drug-likeness (QED) is 0.776. The summed E-state index contributed by atoms with van der Waals surface area (Å²) in [6, 6.07) is -1.01. The van der Waals surface area contributed by atoms with Gasteiger partial charge in [0.15, 0.2) is 0 Å². The topological polar surface area (TPSA) is 81.1 Å². The van der Waals surface area contributed by atoms with Gasteiger partial charge in [-0.05, 0) is 19.8 Å². The molecule has 116 valence electrons. The van der Waals surface area contributed by atoms with Crippen molar-refractivity contribution < 1.29 is 19.8 Å². The lowest BCUT2D eigenvalue weighted by Crippen LogP contribution is -2.51. The molecular weight excluding hydrogens is 280 g/mol. The van der Waals surface area contributed by atoms with Crippen LogP contribution in [0.3, 0.4) is 0 Å². The molecule has 1 fully saturated rings. The first-order chi connectivity index (χ1) is 9.38. The van der Waals surface area contributed by atoms with Crippen LogP contribution in [0.1, 0.15) is 33.1 Å². The average molecular weight is 304 g/mol. The van der Waals surface area contributed by atoms with Crippen molar-refractivity contribution in [1.82, 2.24) is 9.80 Å². The second-order valence-corrected chi connectivity index (χ2v) is 6.39. The monoisotopic (exact) mass is 304 g/mol. The van der Waals surface area contributed by atoms with E-state index in [-0.39, 0.29) is 11.4 Å². The zero-order valence-corrected chi connectivity index (χ0v) is 13.1. The van der Waals surface area contributed by atoms with Crippen molar-refractivity contribution in [3.05, 3.63) is 0 Å². The highest BCUT2D eigenvalue weighted by molar-refractivity contribution is 8.00. The Morgan fingerprint density at radius 2 is 2.15 bits per heavy atom. The van der Waals surface area contributed by atoms with Crippen LogP contribution in [0, 0.1) is 0 Å². The normalized spacial score (nSPS) is 23.7. The third-order valence-corrected chi connectivity index (χ3v) is 4.70. The van der Waals surface area contributed by atoms with Crippen LogP contribution < -0.4 is 0 Å². The first kappa shape index (κ1) is 17.1. The van der Waals surface area contributed by atoms with E-state index in [1.807, 2.05) is 6.92 Å². The average Bonchev–Trinajstić information content (AvgIpc) is 2.79. The van der Waals surface area contributed by atoms with Crippen LogP contribution in [-0.4, -0.2) is 68.9 Å². The molecule has 0 spiro atoms. The molecule has 0 aromatic rings. The van der Waals surface area contributed by atoms with Crippen molar-refractivity contribution in [2.45, 2.75) is 50.6 Å². The summed E-state index contributed by atoms with van der Waals surface area (Å²) in [7, 11) is 1.65. The summed E-state index contributed by atoms with van der Waals surface area (Å²) in [6.07, 6.45) is 1.72. The summed E-state index contributed by atoms with van der Waals surface area (Å²) in [4.78, 5) is 26.7. The first-order valence-electron chi connectivity index (χ1n) is 6.94. The fourth-order valence-electron chi connectivity index (χ4n) is 2.15. The Morgan fingerprint density at radius 1 is 1.50 bits per heavy atom. The molecule has 3 unspecified atom stereocenters. The molecule has 0 aromatic heterocycles. The van der Waals surface area contributed by atoms with Crippen molar-refractivity contribution in [2.24, 2.45) is 0 Å². The lowest BCUT2D eigenvalue weighted by molar-refractivity contribution is -0.141. The van der Waals surface area contributed by atoms with E-state index in [1.54, 1.807) is 14.0 Å². The van der Waals surface area contributed by atoms with E-state index in [0.29, 0.717) is 18.7 Å². The van der Waals surface area contributed by atoms with E-state index in [1.165, 1.54) is 21.6 Å². The maximum atomic E-state index is 12.5. The molecule has 0 bridgehead atoms. The largest absolute Gasteiger partial charge is 0.480 e. The van der Waals surface area contributed by atoms with E-state index in [9.17, 15) is 19.8 Å². The molecule has 1 aliphatic heterocycles. The Labute approximate surface area is 124 Å². The van der Waals surface area contributed by atoms with Crippen molar-refractivity contribution in [1.29, 1.82) is 0 Å². The molecule has 1 heterocycles. The molecule has 0 radical (unpaired) electrons. The number of carboxylic acid groups (broad SMARTS) is 1. The summed E-state index contributed by atoms with van der Waals surface area (Å²) in [6.45, 7) is 4.11. The number of aliphatic hydroxyl groups excluding tert-OH is 1. The van der Waals surface area contributed by atoms with Gasteiger partial charge in [0, 0.05) is 19.3 Å². The summed E-state index contributed by atoms with van der Waals surface area (Å²) in [5.74, 6) is -0.510. The van der Waals surface area contributed by atoms with Gasteiger partial charge in [0.2, 0.25) is 0 Å². The molecule has 7 heteroatoms. The van der Waals surface area contributed by atoms with Crippen LogP contribution >= 0.6 is 11.8 Å². The minimum atomic E-state index is -0.951. The molecule has 1 saturated heterocycles. The fourth-order valence-corrected chi connectivity index (χ4v) is 3.66. The molecule has 0 aromatic carbocycles. The minimum absolute atomic E-state index is 0.0670. The molecule has 20 heavy (non-hydrogen) atoms. The number of carbonyl (C=O) groups excluding carboxylic acids is 1. The Morgan fingerprint density at radius 3 is 2.65 bits per heavy atom. The lowest BCUT2D eigenvalue weighted by Gasteiger charge is -2.31. The van der Waals surface area contributed by atoms with E-state index < -0.39 is 18.1 Å². The van der Waals surface area contributed by atoms with E-state index in [0.717, 1.165) is 12.8 Å². The molecule has 0 saturated carbocycles. The van der Waals surface area contributed by atoms with Gasteiger partial charge in [-0.15, -0.1) is 11.8 Å². The maximum Gasteiger partial charge on any atom is 0.327 e. The number of nitrogens with zero attached hydrogens (tertiary/aromatic N) is 2.